The Morgan fingerprint density at radius 2 is 2.17 bits per heavy atom. The predicted molar refractivity (Wildman–Crippen MR) is 67.1 cm³/mol. The second kappa shape index (κ2) is 5.75. The summed E-state index contributed by atoms with van der Waals surface area (Å²) in [4.78, 5) is 3.98. The summed E-state index contributed by atoms with van der Waals surface area (Å²) in [5.74, 6) is 0. The Bertz CT molecular complexity index is 472. The second-order valence-corrected chi connectivity index (χ2v) is 5.84. The van der Waals surface area contributed by atoms with E-state index in [1.165, 1.54) is 4.31 Å². The first-order chi connectivity index (χ1) is 8.59. The molecule has 0 spiro atoms. The normalized spacial score (nSPS) is 19.6. The molecule has 6 nitrogen and oxygen atoms in total. The third-order valence-corrected chi connectivity index (χ3v) is 4.52. The van der Waals surface area contributed by atoms with Crippen molar-refractivity contribution in [1.29, 1.82) is 0 Å². The molecular formula is C11H17N3O3S. The van der Waals surface area contributed by atoms with Crippen LogP contribution in [0.3, 0.4) is 0 Å². The van der Waals surface area contributed by atoms with Gasteiger partial charge in [-0.2, -0.15) is 17.4 Å². The Balaban J connectivity index is 2.03. The van der Waals surface area contributed by atoms with E-state index in [0.717, 1.165) is 5.56 Å². The molecule has 1 aliphatic heterocycles. The van der Waals surface area contributed by atoms with Crippen molar-refractivity contribution in [3.05, 3.63) is 30.1 Å². The number of morpholine rings is 1. The number of nitrogens with zero attached hydrogens (tertiary/aromatic N) is 2. The lowest BCUT2D eigenvalue weighted by Gasteiger charge is -2.27. The first-order valence-electron chi connectivity index (χ1n) is 5.84. The van der Waals surface area contributed by atoms with E-state index in [0.29, 0.717) is 26.3 Å². The van der Waals surface area contributed by atoms with Gasteiger partial charge in [-0.25, -0.2) is 0 Å². The molecule has 7 heteroatoms. The Kier molecular flexibility index (Phi) is 4.28. The van der Waals surface area contributed by atoms with Crippen molar-refractivity contribution in [2.45, 2.75) is 13.0 Å². The number of hydrogen-bond acceptors (Lipinski definition) is 4. The topological polar surface area (TPSA) is 71.5 Å². The average molecular weight is 271 g/mol. The maximum absolute atomic E-state index is 12.1. The fraction of sp³-hybridized carbons (Fsp3) is 0.545. The Morgan fingerprint density at radius 1 is 1.44 bits per heavy atom. The zero-order chi connectivity index (χ0) is 13.0. The zero-order valence-electron chi connectivity index (χ0n) is 10.2. The smallest absolute Gasteiger partial charge is 0.280 e. The van der Waals surface area contributed by atoms with Crippen molar-refractivity contribution in [1.82, 2.24) is 14.0 Å². The Hall–Kier alpha value is -1.02. The minimum Gasteiger partial charge on any atom is -0.379 e. The van der Waals surface area contributed by atoms with Crippen molar-refractivity contribution in [2.24, 2.45) is 0 Å². The first-order valence-corrected chi connectivity index (χ1v) is 7.29. The Morgan fingerprint density at radius 3 is 2.78 bits per heavy atom. The minimum absolute atomic E-state index is 0.299. The van der Waals surface area contributed by atoms with Crippen LogP contribution in [0.5, 0.6) is 0 Å². The van der Waals surface area contributed by atoms with Gasteiger partial charge in [-0.05, 0) is 18.6 Å². The summed E-state index contributed by atoms with van der Waals surface area (Å²) in [6.07, 6.45) is 3.32. The van der Waals surface area contributed by atoms with Crippen LogP contribution >= 0.6 is 0 Å². The molecule has 0 radical (unpaired) electrons. The van der Waals surface area contributed by atoms with Crippen LogP contribution in [0.15, 0.2) is 24.5 Å². The number of ether oxygens (including phenoxy) is 1. The zero-order valence-corrected chi connectivity index (χ0v) is 11.1. The van der Waals surface area contributed by atoms with Crippen LogP contribution in [0, 0.1) is 0 Å². The van der Waals surface area contributed by atoms with Crippen LogP contribution in [-0.2, 0) is 14.9 Å². The van der Waals surface area contributed by atoms with E-state index < -0.39 is 10.2 Å². The molecule has 0 bridgehead atoms. The molecule has 0 saturated carbocycles. The van der Waals surface area contributed by atoms with E-state index in [1.807, 2.05) is 6.07 Å². The van der Waals surface area contributed by atoms with Gasteiger partial charge in [0.2, 0.25) is 0 Å². The number of pyridine rings is 1. The summed E-state index contributed by atoms with van der Waals surface area (Å²) < 4.78 is 33.4. The van der Waals surface area contributed by atoms with Gasteiger partial charge >= 0.3 is 0 Å². The van der Waals surface area contributed by atoms with Gasteiger partial charge in [0.1, 0.15) is 0 Å². The second-order valence-electron chi connectivity index (χ2n) is 4.14. The molecule has 100 valence electrons. The SMILES string of the molecule is CC(NS(=O)(=O)N1CCOCC1)c1cccnc1. The van der Waals surface area contributed by atoms with Crippen molar-refractivity contribution < 1.29 is 13.2 Å². The maximum Gasteiger partial charge on any atom is 0.280 e. The molecule has 0 aliphatic carbocycles. The van der Waals surface area contributed by atoms with E-state index in [1.54, 1.807) is 25.4 Å². The molecule has 1 atom stereocenters. The maximum atomic E-state index is 12.1. The van der Waals surface area contributed by atoms with E-state index in [4.69, 9.17) is 4.74 Å². The number of rotatable bonds is 4. The van der Waals surface area contributed by atoms with Crippen LogP contribution in [0.1, 0.15) is 18.5 Å². The van der Waals surface area contributed by atoms with Crippen molar-refractivity contribution in [2.75, 3.05) is 26.3 Å². The van der Waals surface area contributed by atoms with Gasteiger partial charge in [-0.3, -0.25) is 4.98 Å². The molecule has 1 aromatic rings. The predicted octanol–water partition coefficient (Wildman–Crippen LogP) is 0.309. The van der Waals surface area contributed by atoms with Gasteiger partial charge in [-0.1, -0.05) is 6.07 Å². The molecule has 1 aliphatic rings. The highest BCUT2D eigenvalue weighted by Crippen LogP contribution is 2.13. The standard InChI is InChI=1S/C11H17N3O3S/c1-10(11-3-2-4-12-9-11)13-18(15,16)14-5-7-17-8-6-14/h2-4,9-10,13H,5-8H2,1H3. The summed E-state index contributed by atoms with van der Waals surface area (Å²) in [5.41, 5.74) is 0.842. The molecule has 1 N–H and O–H groups in total. The largest absolute Gasteiger partial charge is 0.379 e. The van der Waals surface area contributed by atoms with Gasteiger partial charge in [0.15, 0.2) is 0 Å². The van der Waals surface area contributed by atoms with Crippen LogP contribution in [0.4, 0.5) is 0 Å². The molecule has 0 aromatic carbocycles. The van der Waals surface area contributed by atoms with Crippen molar-refractivity contribution in [3.63, 3.8) is 0 Å². The number of nitrogens with one attached hydrogen (secondary N) is 1. The van der Waals surface area contributed by atoms with Gasteiger partial charge < -0.3 is 4.74 Å². The highest BCUT2D eigenvalue weighted by Gasteiger charge is 2.25. The monoisotopic (exact) mass is 271 g/mol. The van der Waals surface area contributed by atoms with Gasteiger partial charge in [-0.15, -0.1) is 0 Å². The Labute approximate surface area is 107 Å². The van der Waals surface area contributed by atoms with Gasteiger partial charge in [0.25, 0.3) is 10.2 Å². The summed E-state index contributed by atoms with van der Waals surface area (Å²) in [7, 11) is -3.46. The summed E-state index contributed by atoms with van der Waals surface area (Å²) >= 11 is 0. The average Bonchev–Trinajstić information content (AvgIpc) is 2.40. The van der Waals surface area contributed by atoms with Crippen molar-refractivity contribution in [3.8, 4) is 0 Å². The molecule has 2 rings (SSSR count). The van der Waals surface area contributed by atoms with E-state index in [-0.39, 0.29) is 6.04 Å². The fourth-order valence-corrected chi connectivity index (χ4v) is 3.15. The van der Waals surface area contributed by atoms with E-state index in [2.05, 4.69) is 9.71 Å². The van der Waals surface area contributed by atoms with E-state index >= 15 is 0 Å². The van der Waals surface area contributed by atoms with Crippen LogP contribution in [0.2, 0.25) is 0 Å². The fourth-order valence-electron chi connectivity index (χ4n) is 1.79. The molecule has 1 unspecified atom stereocenters. The molecule has 1 fully saturated rings. The first kappa shape index (κ1) is 13.4. The lowest BCUT2D eigenvalue weighted by molar-refractivity contribution is 0.0723. The van der Waals surface area contributed by atoms with Gasteiger partial charge in [0, 0.05) is 31.5 Å². The lowest BCUT2D eigenvalue weighted by Crippen LogP contribution is -2.47. The van der Waals surface area contributed by atoms with Crippen LogP contribution in [0.25, 0.3) is 0 Å². The highest BCUT2D eigenvalue weighted by atomic mass is 32.2. The van der Waals surface area contributed by atoms with E-state index in [9.17, 15) is 8.42 Å². The summed E-state index contributed by atoms with van der Waals surface area (Å²) in [6.45, 7) is 3.49. The number of hydrogen-bond donors (Lipinski definition) is 1. The highest BCUT2D eigenvalue weighted by molar-refractivity contribution is 7.87. The quantitative estimate of drug-likeness (QED) is 0.855. The third-order valence-electron chi connectivity index (χ3n) is 2.82. The van der Waals surface area contributed by atoms with Gasteiger partial charge in [0.05, 0.1) is 13.2 Å². The van der Waals surface area contributed by atoms with Crippen LogP contribution in [-0.4, -0.2) is 44.0 Å². The summed E-state index contributed by atoms with van der Waals surface area (Å²) in [5, 5.41) is 0. The molecule has 1 saturated heterocycles. The minimum atomic E-state index is -3.46. The molecule has 18 heavy (non-hydrogen) atoms. The molecule has 2 heterocycles. The lowest BCUT2D eigenvalue weighted by atomic mass is 10.2. The molecule has 0 amide bonds. The number of aromatic nitrogens is 1. The summed E-state index contributed by atoms with van der Waals surface area (Å²) in [6, 6.07) is 3.33. The third kappa shape index (κ3) is 3.26. The molecule has 1 aromatic heterocycles. The molecular weight excluding hydrogens is 254 g/mol. The van der Waals surface area contributed by atoms with Crippen molar-refractivity contribution >= 4 is 10.2 Å². The van der Waals surface area contributed by atoms with Crippen LogP contribution < -0.4 is 4.72 Å².